The molecule has 0 spiro atoms. The van der Waals surface area contributed by atoms with Crippen molar-refractivity contribution in [3.63, 3.8) is 0 Å². The van der Waals surface area contributed by atoms with Gasteiger partial charge in [-0.1, -0.05) is 19.8 Å². The standard InChI is InChI=1S/C13H15FN2O3/c1-4-13(5-2)8(3)6-10(19-13)16-7-9(14)11(17)15-12(16)18/h1,7-8,10H,5-6H2,2-3H3,(H,15,17,18)/t8-,10+,13+/m0/s1. The fourth-order valence-electron chi connectivity index (χ4n) is 2.45. The van der Waals surface area contributed by atoms with Crippen LogP contribution in [0, 0.1) is 24.1 Å². The average Bonchev–Trinajstić information content (AvgIpc) is 2.71. The van der Waals surface area contributed by atoms with Crippen molar-refractivity contribution in [2.45, 2.75) is 38.5 Å². The maximum Gasteiger partial charge on any atom is 0.330 e. The summed E-state index contributed by atoms with van der Waals surface area (Å²) in [5, 5.41) is 0. The molecule has 0 aliphatic carbocycles. The van der Waals surface area contributed by atoms with Gasteiger partial charge in [0.25, 0.3) is 5.56 Å². The molecular weight excluding hydrogens is 251 g/mol. The van der Waals surface area contributed by atoms with Crippen molar-refractivity contribution in [2.24, 2.45) is 5.92 Å². The Bertz CT molecular complexity index is 643. The lowest BCUT2D eigenvalue weighted by molar-refractivity contribution is -0.0504. The Kier molecular flexibility index (Phi) is 3.33. The fourth-order valence-corrected chi connectivity index (χ4v) is 2.45. The van der Waals surface area contributed by atoms with Crippen LogP contribution in [0.2, 0.25) is 0 Å². The van der Waals surface area contributed by atoms with Crippen LogP contribution in [-0.4, -0.2) is 15.2 Å². The molecule has 102 valence electrons. The first-order chi connectivity index (χ1) is 8.93. The Labute approximate surface area is 109 Å². The molecule has 0 unspecified atom stereocenters. The Morgan fingerprint density at radius 1 is 1.68 bits per heavy atom. The van der Waals surface area contributed by atoms with E-state index in [-0.39, 0.29) is 5.92 Å². The smallest absolute Gasteiger partial charge is 0.330 e. The lowest BCUT2D eigenvalue weighted by Gasteiger charge is -2.25. The Balaban J connectivity index is 2.42. The minimum atomic E-state index is -1.04. The van der Waals surface area contributed by atoms with Gasteiger partial charge in [-0.3, -0.25) is 14.3 Å². The van der Waals surface area contributed by atoms with Gasteiger partial charge < -0.3 is 4.74 Å². The van der Waals surface area contributed by atoms with Gasteiger partial charge in [0.1, 0.15) is 11.8 Å². The summed E-state index contributed by atoms with van der Waals surface area (Å²) in [7, 11) is 0. The summed E-state index contributed by atoms with van der Waals surface area (Å²) in [4.78, 5) is 24.6. The lowest BCUT2D eigenvalue weighted by Crippen LogP contribution is -2.35. The SMILES string of the molecule is C#C[C@]1(CC)O[C@@H](n2cc(F)c(=O)[nH]c2=O)C[C@@H]1C. The monoisotopic (exact) mass is 266 g/mol. The molecule has 1 aliphatic rings. The first-order valence-electron chi connectivity index (χ1n) is 6.10. The minimum absolute atomic E-state index is 0.0365. The Morgan fingerprint density at radius 2 is 2.37 bits per heavy atom. The molecule has 0 saturated carbocycles. The van der Waals surface area contributed by atoms with E-state index in [0.29, 0.717) is 12.8 Å². The highest BCUT2D eigenvalue weighted by Gasteiger charge is 2.44. The van der Waals surface area contributed by atoms with Gasteiger partial charge in [0.2, 0.25) is 5.82 Å². The van der Waals surface area contributed by atoms with E-state index in [0.717, 1.165) is 10.8 Å². The van der Waals surface area contributed by atoms with Crippen molar-refractivity contribution in [3.8, 4) is 12.3 Å². The molecule has 0 amide bonds. The number of rotatable bonds is 2. The fraction of sp³-hybridized carbons (Fsp3) is 0.538. The topological polar surface area (TPSA) is 64.1 Å². The van der Waals surface area contributed by atoms with Gasteiger partial charge in [-0.2, -0.15) is 4.39 Å². The van der Waals surface area contributed by atoms with Crippen LogP contribution in [0.3, 0.4) is 0 Å². The quantitative estimate of drug-likeness (QED) is 0.813. The van der Waals surface area contributed by atoms with Crippen LogP contribution >= 0.6 is 0 Å². The zero-order valence-corrected chi connectivity index (χ0v) is 10.8. The number of terminal acetylenes is 1. The molecule has 1 aliphatic heterocycles. The third-order valence-corrected chi connectivity index (χ3v) is 3.70. The molecule has 1 N–H and O–H groups in total. The van der Waals surface area contributed by atoms with E-state index in [2.05, 4.69) is 5.92 Å². The van der Waals surface area contributed by atoms with Gasteiger partial charge in [-0.25, -0.2) is 4.79 Å². The third kappa shape index (κ3) is 2.10. The molecular formula is C13H15FN2O3. The van der Waals surface area contributed by atoms with Crippen LogP contribution in [0.15, 0.2) is 15.8 Å². The highest BCUT2D eigenvalue weighted by atomic mass is 19.1. The number of halogens is 1. The number of aromatic nitrogens is 2. The van der Waals surface area contributed by atoms with Crippen LogP contribution in [0.1, 0.15) is 32.9 Å². The molecule has 1 fully saturated rings. The summed E-state index contributed by atoms with van der Waals surface area (Å²) in [5.74, 6) is 1.63. The maximum absolute atomic E-state index is 13.3. The highest BCUT2D eigenvalue weighted by molar-refractivity contribution is 5.13. The van der Waals surface area contributed by atoms with Crippen molar-refractivity contribution in [3.05, 3.63) is 32.9 Å². The zero-order valence-electron chi connectivity index (χ0n) is 10.8. The van der Waals surface area contributed by atoms with Crippen LogP contribution in [0.25, 0.3) is 0 Å². The molecule has 6 heteroatoms. The van der Waals surface area contributed by atoms with Crippen LogP contribution in [0.4, 0.5) is 4.39 Å². The number of hydrogen-bond acceptors (Lipinski definition) is 3. The summed E-state index contributed by atoms with van der Waals surface area (Å²) >= 11 is 0. The molecule has 1 aromatic rings. The summed E-state index contributed by atoms with van der Waals surface area (Å²) in [6.45, 7) is 3.82. The second-order valence-electron chi connectivity index (χ2n) is 4.74. The van der Waals surface area contributed by atoms with Crippen LogP contribution in [0.5, 0.6) is 0 Å². The Morgan fingerprint density at radius 3 is 2.89 bits per heavy atom. The molecule has 2 heterocycles. The summed E-state index contributed by atoms with van der Waals surface area (Å²) in [6.07, 6.45) is 6.80. The minimum Gasteiger partial charge on any atom is -0.339 e. The third-order valence-electron chi connectivity index (χ3n) is 3.70. The molecule has 0 radical (unpaired) electrons. The zero-order chi connectivity index (χ0) is 14.2. The summed E-state index contributed by atoms with van der Waals surface area (Å²) in [6, 6.07) is 0. The maximum atomic E-state index is 13.3. The molecule has 1 aromatic heterocycles. The van der Waals surface area contributed by atoms with Crippen molar-refractivity contribution >= 4 is 0 Å². The second kappa shape index (κ2) is 4.67. The van der Waals surface area contributed by atoms with E-state index in [1.807, 2.05) is 18.8 Å². The first-order valence-corrected chi connectivity index (χ1v) is 6.10. The van der Waals surface area contributed by atoms with Crippen molar-refractivity contribution in [1.82, 2.24) is 9.55 Å². The molecule has 19 heavy (non-hydrogen) atoms. The second-order valence-corrected chi connectivity index (χ2v) is 4.74. The van der Waals surface area contributed by atoms with Crippen LogP contribution < -0.4 is 11.2 Å². The number of aromatic amines is 1. The molecule has 0 bridgehead atoms. The van der Waals surface area contributed by atoms with Crippen molar-refractivity contribution in [1.29, 1.82) is 0 Å². The number of H-pyrrole nitrogens is 1. The predicted octanol–water partition coefficient (Wildman–Crippen LogP) is 1.01. The first kappa shape index (κ1) is 13.6. The number of ether oxygens (including phenoxy) is 1. The van der Waals surface area contributed by atoms with E-state index in [1.165, 1.54) is 0 Å². The Hall–Kier alpha value is -1.87. The molecule has 1 saturated heterocycles. The highest BCUT2D eigenvalue weighted by Crippen LogP contribution is 2.42. The molecule has 5 nitrogen and oxygen atoms in total. The largest absolute Gasteiger partial charge is 0.339 e. The molecule has 3 atom stereocenters. The predicted molar refractivity (Wildman–Crippen MR) is 67.0 cm³/mol. The molecule has 0 aromatic carbocycles. The van der Waals surface area contributed by atoms with Crippen molar-refractivity contribution < 1.29 is 9.13 Å². The van der Waals surface area contributed by atoms with E-state index in [4.69, 9.17) is 11.2 Å². The van der Waals surface area contributed by atoms with E-state index < -0.39 is 28.9 Å². The number of nitrogens with one attached hydrogen (secondary N) is 1. The summed E-state index contributed by atoms with van der Waals surface area (Å²) in [5.41, 5.74) is -2.49. The molecule has 2 rings (SSSR count). The van der Waals surface area contributed by atoms with Crippen molar-refractivity contribution in [2.75, 3.05) is 0 Å². The number of nitrogens with zero attached hydrogens (tertiary/aromatic N) is 1. The normalized spacial score (nSPS) is 30.2. The lowest BCUT2D eigenvalue weighted by atomic mass is 9.87. The van der Waals surface area contributed by atoms with Crippen LogP contribution in [-0.2, 0) is 4.74 Å². The van der Waals surface area contributed by atoms with Gasteiger partial charge in [-0.05, 0) is 12.8 Å². The van der Waals surface area contributed by atoms with E-state index in [1.54, 1.807) is 0 Å². The number of hydrogen-bond donors (Lipinski definition) is 1. The van der Waals surface area contributed by atoms with E-state index >= 15 is 0 Å². The average molecular weight is 266 g/mol. The van der Waals surface area contributed by atoms with Gasteiger partial charge in [-0.15, -0.1) is 6.42 Å². The van der Waals surface area contributed by atoms with E-state index in [9.17, 15) is 14.0 Å². The summed E-state index contributed by atoms with van der Waals surface area (Å²) < 4.78 is 20.1. The van der Waals surface area contributed by atoms with Gasteiger partial charge in [0.05, 0.1) is 6.20 Å². The van der Waals surface area contributed by atoms with Gasteiger partial charge in [0, 0.05) is 5.92 Å². The van der Waals surface area contributed by atoms with Gasteiger partial charge in [0.15, 0.2) is 0 Å². The van der Waals surface area contributed by atoms with Gasteiger partial charge >= 0.3 is 5.69 Å².